The molecule has 150 valence electrons. The van der Waals surface area contributed by atoms with Gasteiger partial charge in [-0.05, 0) is 51.8 Å². The van der Waals surface area contributed by atoms with Gasteiger partial charge in [0.2, 0.25) is 0 Å². The molecule has 26 heavy (non-hydrogen) atoms. The Morgan fingerprint density at radius 2 is 1.54 bits per heavy atom. The summed E-state index contributed by atoms with van der Waals surface area (Å²) < 4.78 is 18.5. The Hall–Kier alpha value is -0.883. The molecule has 1 aliphatic heterocycles. The number of anilines is 1. The van der Waals surface area contributed by atoms with Gasteiger partial charge in [0.05, 0.1) is 0 Å². The molecule has 1 aliphatic rings. The molecule has 1 heterocycles. The molecule has 0 amide bonds. The predicted molar refractivity (Wildman–Crippen MR) is 113 cm³/mol. The van der Waals surface area contributed by atoms with Gasteiger partial charge < -0.3 is 18.5 Å². The molecule has 4 nitrogen and oxygen atoms in total. The Labute approximate surface area is 162 Å². The van der Waals surface area contributed by atoms with Crippen molar-refractivity contribution in [1.82, 2.24) is 0 Å². The van der Waals surface area contributed by atoms with Crippen LogP contribution in [0.1, 0.15) is 53.4 Å². The van der Waals surface area contributed by atoms with E-state index in [0.29, 0.717) is 0 Å². The highest BCUT2D eigenvalue weighted by Crippen LogP contribution is 2.42. The van der Waals surface area contributed by atoms with Crippen LogP contribution in [-0.4, -0.2) is 47.7 Å². The van der Waals surface area contributed by atoms with E-state index in [1.807, 2.05) is 32.3 Å². The van der Waals surface area contributed by atoms with Crippen LogP contribution in [0.3, 0.4) is 0 Å². The molecule has 5 heteroatoms. The van der Waals surface area contributed by atoms with Gasteiger partial charge in [-0.25, -0.2) is 0 Å². The number of hydrogen-bond acceptors (Lipinski definition) is 4. The fourth-order valence-electron chi connectivity index (χ4n) is 3.83. The van der Waals surface area contributed by atoms with Crippen molar-refractivity contribution < 1.29 is 13.6 Å². The summed E-state index contributed by atoms with van der Waals surface area (Å²) in [6.45, 7) is 10.6. The van der Waals surface area contributed by atoms with Crippen LogP contribution in [0.25, 0.3) is 0 Å². The van der Waals surface area contributed by atoms with E-state index in [4.69, 9.17) is 13.6 Å². The minimum Gasteiger partial charge on any atom is -0.393 e. The molecule has 0 bridgehead atoms. The first-order chi connectivity index (χ1) is 12.5. The second-order valence-corrected chi connectivity index (χ2v) is 10.3. The number of hydrogen-bond donors (Lipinski definition) is 0. The lowest BCUT2D eigenvalue weighted by Gasteiger charge is -2.49. The molecular weight excluding hydrogens is 342 g/mol. The standard InChI is InChI=1S/C13H28O3Si.C8H11N/c1-5-13(14-6-2)11-9-10-12-17(13,15-7-3)16-8-4;1-9(2)8-6-4-3-5-7-8/h5-12H2,1-4H3;3-7H,1-2H3. The second-order valence-electron chi connectivity index (χ2n) is 6.84. The third-order valence-corrected chi connectivity index (χ3v) is 9.71. The van der Waals surface area contributed by atoms with Crippen LogP contribution < -0.4 is 4.90 Å². The average molecular weight is 382 g/mol. The topological polar surface area (TPSA) is 30.9 Å². The summed E-state index contributed by atoms with van der Waals surface area (Å²) in [4.78, 5) is 2.08. The zero-order valence-corrected chi connectivity index (χ0v) is 18.7. The maximum absolute atomic E-state index is 6.16. The van der Waals surface area contributed by atoms with Gasteiger partial charge >= 0.3 is 8.56 Å². The molecule has 0 saturated carbocycles. The first kappa shape index (κ1) is 23.2. The maximum atomic E-state index is 6.16. The molecule has 1 fully saturated rings. The monoisotopic (exact) mass is 381 g/mol. The fourth-order valence-corrected chi connectivity index (χ4v) is 8.30. The van der Waals surface area contributed by atoms with Crippen molar-refractivity contribution in [2.24, 2.45) is 0 Å². The average Bonchev–Trinajstić information content (AvgIpc) is 2.65. The van der Waals surface area contributed by atoms with Crippen LogP contribution >= 0.6 is 0 Å². The van der Waals surface area contributed by atoms with Gasteiger partial charge in [-0.3, -0.25) is 0 Å². The van der Waals surface area contributed by atoms with E-state index < -0.39 is 8.56 Å². The van der Waals surface area contributed by atoms with Crippen LogP contribution in [0.15, 0.2) is 30.3 Å². The van der Waals surface area contributed by atoms with E-state index in [2.05, 4.69) is 44.7 Å². The van der Waals surface area contributed by atoms with Gasteiger partial charge in [-0.2, -0.15) is 0 Å². The van der Waals surface area contributed by atoms with E-state index in [0.717, 1.165) is 38.7 Å². The highest BCUT2D eigenvalue weighted by Gasteiger charge is 2.58. The molecule has 0 N–H and O–H groups in total. The number of rotatable bonds is 8. The van der Waals surface area contributed by atoms with E-state index in [1.165, 1.54) is 18.5 Å². The molecule has 0 spiro atoms. The molecular formula is C21H39NO3Si. The lowest BCUT2D eigenvalue weighted by molar-refractivity contribution is -0.0426. The van der Waals surface area contributed by atoms with E-state index >= 15 is 0 Å². The predicted octanol–water partition coefficient (Wildman–Crippen LogP) is 5.16. The van der Waals surface area contributed by atoms with Crippen LogP contribution in [0.4, 0.5) is 5.69 Å². The van der Waals surface area contributed by atoms with Crippen LogP contribution in [0.2, 0.25) is 6.04 Å². The van der Waals surface area contributed by atoms with E-state index in [9.17, 15) is 0 Å². The molecule has 1 atom stereocenters. The van der Waals surface area contributed by atoms with Gasteiger partial charge in [-0.15, -0.1) is 0 Å². The zero-order valence-electron chi connectivity index (χ0n) is 17.7. The molecule has 1 aromatic rings. The van der Waals surface area contributed by atoms with E-state index in [-0.39, 0.29) is 5.22 Å². The number of ether oxygens (including phenoxy) is 1. The van der Waals surface area contributed by atoms with Gasteiger partial charge in [0, 0.05) is 39.6 Å². The van der Waals surface area contributed by atoms with Crippen molar-refractivity contribution in [1.29, 1.82) is 0 Å². The first-order valence-corrected chi connectivity index (χ1v) is 12.2. The van der Waals surface area contributed by atoms with Gasteiger partial charge in [0.25, 0.3) is 0 Å². The number of benzene rings is 1. The van der Waals surface area contributed by atoms with Crippen LogP contribution in [-0.2, 0) is 13.6 Å². The summed E-state index contributed by atoms with van der Waals surface area (Å²) in [6, 6.07) is 11.3. The van der Waals surface area contributed by atoms with Crippen molar-refractivity contribution in [3.05, 3.63) is 30.3 Å². The fraction of sp³-hybridized carbons (Fsp3) is 0.714. The third-order valence-electron chi connectivity index (χ3n) is 5.05. The summed E-state index contributed by atoms with van der Waals surface area (Å²) >= 11 is 0. The molecule has 1 unspecified atom stereocenters. The summed E-state index contributed by atoms with van der Waals surface area (Å²) in [5, 5.41) is -0.119. The Morgan fingerprint density at radius 3 is 1.96 bits per heavy atom. The molecule has 0 aliphatic carbocycles. The van der Waals surface area contributed by atoms with Crippen molar-refractivity contribution >= 4 is 14.2 Å². The quantitative estimate of drug-likeness (QED) is 0.582. The Kier molecular flexibility index (Phi) is 10.5. The normalized spacial score (nSPS) is 21.6. The van der Waals surface area contributed by atoms with Crippen molar-refractivity contribution in [3.63, 3.8) is 0 Å². The number of nitrogens with zero attached hydrogens (tertiary/aromatic N) is 1. The zero-order chi connectivity index (χ0) is 19.5. The maximum Gasteiger partial charge on any atom is 0.371 e. The van der Waals surface area contributed by atoms with Crippen molar-refractivity contribution in [3.8, 4) is 0 Å². The molecule has 0 radical (unpaired) electrons. The molecule has 2 rings (SSSR count). The highest BCUT2D eigenvalue weighted by atomic mass is 28.4. The summed E-state index contributed by atoms with van der Waals surface area (Å²) in [7, 11) is 1.87. The SMILES string of the molecule is CCOC1(CC)CCCC[Si]1(OCC)OCC.CN(C)c1ccccc1. The van der Waals surface area contributed by atoms with Crippen LogP contribution in [0.5, 0.6) is 0 Å². The summed E-state index contributed by atoms with van der Waals surface area (Å²) in [6.07, 6.45) is 4.57. The van der Waals surface area contributed by atoms with E-state index in [1.54, 1.807) is 0 Å². The second kappa shape index (κ2) is 11.8. The van der Waals surface area contributed by atoms with Crippen molar-refractivity contribution in [2.75, 3.05) is 38.8 Å². The number of para-hydroxylation sites is 1. The van der Waals surface area contributed by atoms with Gasteiger partial charge in [-0.1, -0.05) is 38.0 Å². The minimum atomic E-state index is -2.21. The smallest absolute Gasteiger partial charge is 0.371 e. The largest absolute Gasteiger partial charge is 0.393 e. The third kappa shape index (κ3) is 5.81. The molecule has 1 saturated heterocycles. The highest BCUT2D eigenvalue weighted by molar-refractivity contribution is 6.70. The van der Waals surface area contributed by atoms with Crippen molar-refractivity contribution in [2.45, 2.75) is 64.6 Å². The lowest BCUT2D eigenvalue weighted by atomic mass is 10.1. The Bertz CT molecular complexity index is 468. The van der Waals surface area contributed by atoms with Crippen LogP contribution in [0, 0.1) is 0 Å². The molecule has 1 aromatic carbocycles. The Balaban J connectivity index is 0.000000314. The minimum absolute atomic E-state index is 0.119. The molecule has 0 aromatic heterocycles. The Morgan fingerprint density at radius 1 is 0.923 bits per heavy atom. The lowest BCUT2D eigenvalue weighted by Crippen LogP contribution is -2.65. The first-order valence-electron chi connectivity index (χ1n) is 10.1. The summed E-state index contributed by atoms with van der Waals surface area (Å²) in [5.74, 6) is 0. The van der Waals surface area contributed by atoms with Gasteiger partial charge in [0.1, 0.15) is 5.22 Å². The summed E-state index contributed by atoms with van der Waals surface area (Å²) in [5.41, 5.74) is 1.25. The van der Waals surface area contributed by atoms with Gasteiger partial charge in [0.15, 0.2) is 0 Å².